The number of carbonyl (C=O) groups excluding carboxylic acids is 1. The minimum Gasteiger partial charge on any atom is -0.461 e. The highest BCUT2D eigenvalue weighted by molar-refractivity contribution is 9.10. The number of esters is 1. The normalized spacial score (nSPS) is 12.2. The Morgan fingerprint density at radius 1 is 1.08 bits per heavy atom. The molecule has 8 nitrogen and oxygen atoms in total. The number of halogens is 6. The maximum absolute atomic E-state index is 14.8. The van der Waals surface area contributed by atoms with E-state index >= 15 is 0 Å². The van der Waals surface area contributed by atoms with Crippen molar-refractivity contribution in [2.45, 2.75) is 19.5 Å². The standard InChI is InChI=1S/C22H16BrF5N2O6/c1-3-34-20(32)19(25)36-15-7-5-4-6-14(15)35-16-9-13(12(24)8-11(16)23)30-18(31)10-17(22(26,27)28)29(2)21(30)33/h4-10,19H,3H2,1-2H3/t19-/m0/s1. The van der Waals surface area contributed by atoms with Gasteiger partial charge in [0.15, 0.2) is 11.5 Å². The summed E-state index contributed by atoms with van der Waals surface area (Å²) >= 11 is 3.05. The van der Waals surface area contributed by atoms with Crippen LogP contribution in [0.4, 0.5) is 22.0 Å². The van der Waals surface area contributed by atoms with Crippen molar-refractivity contribution in [3.63, 3.8) is 0 Å². The molecule has 0 spiro atoms. The van der Waals surface area contributed by atoms with Crippen LogP contribution in [0.5, 0.6) is 17.2 Å². The Hall–Kier alpha value is -3.68. The molecular weight excluding hydrogens is 563 g/mol. The predicted octanol–water partition coefficient (Wildman–Crippen LogP) is 4.49. The van der Waals surface area contributed by atoms with Gasteiger partial charge in [0.2, 0.25) is 0 Å². The first-order valence-corrected chi connectivity index (χ1v) is 10.8. The average Bonchev–Trinajstić information content (AvgIpc) is 2.79. The van der Waals surface area contributed by atoms with Gasteiger partial charge in [-0.3, -0.25) is 9.36 Å². The van der Waals surface area contributed by atoms with Crippen LogP contribution in [0.1, 0.15) is 12.6 Å². The summed E-state index contributed by atoms with van der Waals surface area (Å²) in [5, 5.41) is 0. The largest absolute Gasteiger partial charge is 0.461 e. The van der Waals surface area contributed by atoms with Crippen LogP contribution in [0.3, 0.4) is 0 Å². The lowest BCUT2D eigenvalue weighted by atomic mass is 10.2. The van der Waals surface area contributed by atoms with Crippen LogP contribution in [0.2, 0.25) is 0 Å². The summed E-state index contributed by atoms with van der Waals surface area (Å²) in [5.41, 5.74) is -5.12. The van der Waals surface area contributed by atoms with Gasteiger partial charge in [-0.2, -0.15) is 17.6 Å². The van der Waals surface area contributed by atoms with Crippen molar-refractivity contribution in [1.29, 1.82) is 0 Å². The summed E-state index contributed by atoms with van der Waals surface area (Å²) in [6.45, 7) is 1.38. The summed E-state index contributed by atoms with van der Waals surface area (Å²) in [5.74, 6) is -3.05. The Labute approximate surface area is 207 Å². The number of alkyl halides is 4. The number of rotatable bonds is 7. The van der Waals surface area contributed by atoms with Gasteiger partial charge in [-0.15, -0.1) is 0 Å². The molecule has 0 amide bonds. The zero-order chi connectivity index (χ0) is 26.8. The highest BCUT2D eigenvalue weighted by atomic mass is 79.9. The van der Waals surface area contributed by atoms with E-state index in [0.717, 1.165) is 19.2 Å². The van der Waals surface area contributed by atoms with Gasteiger partial charge in [0.25, 0.3) is 5.56 Å². The molecule has 1 aromatic heterocycles. The summed E-state index contributed by atoms with van der Waals surface area (Å²) in [6, 6.07) is 7.33. The van der Waals surface area contributed by atoms with Crippen molar-refractivity contribution in [2.24, 2.45) is 7.05 Å². The van der Waals surface area contributed by atoms with E-state index in [0.29, 0.717) is 0 Å². The highest BCUT2D eigenvalue weighted by Gasteiger charge is 2.35. The molecule has 192 valence electrons. The van der Waals surface area contributed by atoms with Gasteiger partial charge in [-0.05, 0) is 41.1 Å². The zero-order valence-corrected chi connectivity index (χ0v) is 20.0. The van der Waals surface area contributed by atoms with Crippen molar-refractivity contribution < 1.29 is 41.0 Å². The fourth-order valence-electron chi connectivity index (χ4n) is 3.01. The third-order valence-corrected chi connectivity index (χ3v) is 5.24. The Morgan fingerprint density at radius 3 is 2.33 bits per heavy atom. The summed E-state index contributed by atoms with van der Waals surface area (Å²) in [4.78, 5) is 36.5. The van der Waals surface area contributed by atoms with Gasteiger partial charge in [0.05, 0.1) is 16.8 Å². The van der Waals surface area contributed by atoms with Crippen molar-refractivity contribution in [2.75, 3.05) is 6.61 Å². The first-order valence-electron chi connectivity index (χ1n) is 9.99. The van der Waals surface area contributed by atoms with Gasteiger partial charge in [0, 0.05) is 19.2 Å². The van der Waals surface area contributed by atoms with Crippen molar-refractivity contribution >= 4 is 21.9 Å². The number of aromatic nitrogens is 2. The van der Waals surface area contributed by atoms with Crippen molar-refractivity contribution in [1.82, 2.24) is 9.13 Å². The lowest BCUT2D eigenvalue weighted by Crippen LogP contribution is -2.41. The fourth-order valence-corrected chi connectivity index (χ4v) is 3.40. The molecule has 3 aromatic rings. The van der Waals surface area contributed by atoms with E-state index in [9.17, 15) is 36.3 Å². The number of ether oxygens (including phenoxy) is 3. The smallest absolute Gasteiger partial charge is 0.431 e. The second-order valence-corrected chi connectivity index (χ2v) is 7.87. The lowest BCUT2D eigenvalue weighted by Gasteiger charge is -2.17. The molecular formula is C22H16BrF5N2O6. The van der Waals surface area contributed by atoms with Gasteiger partial charge < -0.3 is 14.2 Å². The SMILES string of the molecule is CCOC(=O)[C@@H](F)Oc1ccccc1Oc1cc(-n2c(=O)cc(C(F)(F)F)n(C)c2=O)c(F)cc1Br. The first kappa shape index (κ1) is 26.9. The van der Waals surface area contributed by atoms with Crippen molar-refractivity contribution in [3.8, 4) is 22.9 Å². The molecule has 0 aliphatic rings. The zero-order valence-electron chi connectivity index (χ0n) is 18.4. The first-order chi connectivity index (χ1) is 16.8. The van der Waals surface area contributed by atoms with E-state index in [2.05, 4.69) is 20.7 Å². The van der Waals surface area contributed by atoms with E-state index in [4.69, 9.17) is 9.47 Å². The van der Waals surface area contributed by atoms with E-state index < -0.39 is 47.0 Å². The highest BCUT2D eigenvalue weighted by Crippen LogP contribution is 2.37. The van der Waals surface area contributed by atoms with Crippen LogP contribution in [-0.4, -0.2) is 28.1 Å². The van der Waals surface area contributed by atoms with Gasteiger partial charge in [0.1, 0.15) is 17.3 Å². The molecule has 14 heteroatoms. The third kappa shape index (κ3) is 5.58. The van der Waals surface area contributed by atoms with Crippen LogP contribution in [0.25, 0.3) is 5.69 Å². The molecule has 1 atom stereocenters. The molecule has 0 aliphatic heterocycles. The van der Waals surface area contributed by atoms with Gasteiger partial charge in [-0.1, -0.05) is 12.1 Å². The molecule has 0 saturated heterocycles. The number of hydrogen-bond acceptors (Lipinski definition) is 6. The summed E-state index contributed by atoms with van der Waals surface area (Å²) < 4.78 is 83.6. The van der Waals surface area contributed by atoms with E-state index in [-0.39, 0.29) is 43.5 Å². The van der Waals surface area contributed by atoms with E-state index in [1.807, 2.05) is 0 Å². The molecule has 0 radical (unpaired) electrons. The molecule has 2 aromatic carbocycles. The molecule has 36 heavy (non-hydrogen) atoms. The Balaban J connectivity index is 2.06. The molecule has 0 bridgehead atoms. The number of para-hydroxylation sites is 2. The topological polar surface area (TPSA) is 88.8 Å². The molecule has 0 saturated carbocycles. The summed E-state index contributed by atoms with van der Waals surface area (Å²) in [7, 11) is 0.778. The predicted molar refractivity (Wildman–Crippen MR) is 119 cm³/mol. The molecule has 0 aliphatic carbocycles. The van der Waals surface area contributed by atoms with Crippen LogP contribution in [-0.2, 0) is 22.8 Å². The molecule has 0 unspecified atom stereocenters. The molecule has 3 rings (SSSR count). The summed E-state index contributed by atoms with van der Waals surface area (Å²) in [6.07, 6.45) is -7.49. The monoisotopic (exact) mass is 578 g/mol. The Morgan fingerprint density at radius 2 is 1.72 bits per heavy atom. The van der Waals surface area contributed by atoms with E-state index in [1.54, 1.807) is 0 Å². The Kier molecular flexibility index (Phi) is 7.86. The number of hydrogen-bond donors (Lipinski definition) is 0. The number of nitrogens with zero attached hydrogens (tertiary/aromatic N) is 2. The van der Waals surface area contributed by atoms with Crippen LogP contribution < -0.4 is 20.7 Å². The fraction of sp³-hybridized carbons (Fsp3) is 0.227. The molecule has 0 N–H and O–H groups in total. The minimum atomic E-state index is -5.00. The average molecular weight is 579 g/mol. The van der Waals surface area contributed by atoms with Crippen LogP contribution in [0, 0.1) is 5.82 Å². The number of carbonyl (C=O) groups is 1. The minimum absolute atomic E-state index is 0.0301. The Bertz CT molecular complexity index is 1420. The second-order valence-electron chi connectivity index (χ2n) is 7.01. The van der Waals surface area contributed by atoms with Gasteiger partial charge in [-0.25, -0.2) is 18.5 Å². The second kappa shape index (κ2) is 10.5. The molecule has 0 fully saturated rings. The van der Waals surface area contributed by atoms with Crippen molar-refractivity contribution in [3.05, 3.63) is 79.3 Å². The van der Waals surface area contributed by atoms with E-state index in [1.165, 1.54) is 31.2 Å². The van der Waals surface area contributed by atoms with Crippen LogP contribution >= 0.6 is 15.9 Å². The maximum atomic E-state index is 14.8. The maximum Gasteiger partial charge on any atom is 0.431 e. The number of benzene rings is 2. The van der Waals surface area contributed by atoms with Gasteiger partial charge >= 0.3 is 24.2 Å². The quantitative estimate of drug-likeness (QED) is 0.303. The lowest BCUT2D eigenvalue weighted by molar-refractivity contribution is -0.159. The van der Waals surface area contributed by atoms with Crippen LogP contribution in [0.15, 0.2) is 56.5 Å². The third-order valence-electron chi connectivity index (χ3n) is 4.62. The molecule has 1 heterocycles.